The Bertz CT molecular complexity index is 1520. The summed E-state index contributed by atoms with van der Waals surface area (Å²) in [6.07, 6.45) is 6.94. The Balaban J connectivity index is 2.15. The van der Waals surface area contributed by atoms with Crippen molar-refractivity contribution in [2.45, 2.75) is 71.2 Å². The van der Waals surface area contributed by atoms with Crippen molar-refractivity contribution in [3.63, 3.8) is 0 Å². The number of carbonyl (C=O) groups excluding carboxylic acids is 1. The number of sulfonamides is 1. The molecule has 0 aliphatic rings. The van der Waals surface area contributed by atoms with E-state index in [1.807, 2.05) is 13.8 Å². The molecule has 0 spiro atoms. The Labute approximate surface area is 248 Å². The lowest BCUT2D eigenvalue weighted by Crippen LogP contribution is -2.44. The van der Waals surface area contributed by atoms with E-state index in [0.29, 0.717) is 22.5 Å². The van der Waals surface area contributed by atoms with Crippen molar-refractivity contribution in [3.05, 3.63) is 59.8 Å². The first-order valence-corrected chi connectivity index (χ1v) is 18.3. The number of hydrogen-bond acceptors (Lipinski definition) is 8. The molecule has 0 bridgehead atoms. The maximum absolute atomic E-state index is 13.8. The summed E-state index contributed by atoms with van der Waals surface area (Å²) < 4.78 is 51.5. The number of hydrogen-bond donors (Lipinski definition) is 1. The molecule has 0 amide bonds. The van der Waals surface area contributed by atoms with Crippen LogP contribution >= 0.6 is 0 Å². The average Bonchev–Trinajstić information content (AvgIpc) is 3.38. The second-order valence-electron chi connectivity index (χ2n) is 11.9. The van der Waals surface area contributed by atoms with Crippen LogP contribution in [0.25, 0.3) is 17.3 Å². The molecule has 0 saturated heterocycles. The molecule has 1 atom stereocenters. The van der Waals surface area contributed by atoms with Crippen LogP contribution in [-0.2, 0) is 19.2 Å². The molecule has 42 heavy (non-hydrogen) atoms. The number of ether oxygens (including phenoxy) is 1. The first-order valence-electron chi connectivity index (χ1n) is 13.6. The van der Waals surface area contributed by atoms with Gasteiger partial charge in [-0.1, -0.05) is 46.8 Å². The van der Waals surface area contributed by atoms with Crippen LogP contribution in [-0.4, -0.2) is 62.0 Å². The van der Waals surface area contributed by atoms with Crippen LogP contribution in [0.3, 0.4) is 0 Å². The van der Waals surface area contributed by atoms with Crippen LogP contribution in [0.5, 0.6) is 6.01 Å². The number of carbonyl (C=O) groups is 1. The summed E-state index contributed by atoms with van der Waals surface area (Å²) in [4.78, 5) is 28.8. The second-order valence-corrected chi connectivity index (χ2v) is 18.7. The van der Waals surface area contributed by atoms with E-state index in [2.05, 4.69) is 53.8 Å². The van der Waals surface area contributed by atoms with Crippen LogP contribution < -0.4 is 9.04 Å². The molecular weight excluding hydrogens is 578 g/mol. The highest BCUT2D eigenvalue weighted by molar-refractivity contribution is 7.92. The normalized spacial score (nSPS) is 13.5. The summed E-state index contributed by atoms with van der Waals surface area (Å²) in [5, 5.41) is -0.132. The molecule has 13 heteroatoms. The topological polar surface area (TPSA) is 127 Å². The molecule has 2 heterocycles. The van der Waals surface area contributed by atoms with Gasteiger partial charge in [-0.3, -0.25) is 4.79 Å². The first kappa shape index (κ1) is 33.1. The molecule has 3 rings (SSSR count). The Hall–Kier alpha value is -3.42. The number of halogens is 1. The third-order valence-corrected chi connectivity index (χ3v) is 12.9. The largest absolute Gasteiger partial charge is 0.410 e. The summed E-state index contributed by atoms with van der Waals surface area (Å²) in [7, 11) is -4.62. The van der Waals surface area contributed by atoms with Crippen molar-refractivity contribution in [1.29, 1.82) is 0 Å². The van der Waals surface area contributed by atoms with E-state index in [9.17, 15) is 17.6 Å². The van der Waals surface area contributed by atoms with E-state index in [0.717, 1.165) is 10.6 Å². The lowest BCUT2D eigenvalue weighted by molar-refractivity contribution is -0.136. The fraction of sp³-hybridized carbons (Fsp3) is 0.448. The lowest BCUT2D eigenvalue weighted by atomic mass is 9.97. The standard InChI is InChI=1S/C29H40FN5O5SSi/c1-19(2)25-23(26(20-10-12-21(30)13-11-20)34-27(33-25)35(6)41(7,37)38)15-14-22(40-42(8,9)29(3,4)5)18-24(36)39-28-31-16-17-32-28/h10-17,19,22H,18H2,1-9H3,(H,31,32)/b15-14+/t22-/m1/s1. The molecule has 2 aromatic heterocycles. The van der Waals surface area contributed by atoms with Crippen LogP contribution in [0.1, 0.15) is 58.2 Å². The van der Waals surface area contributed by atoms with Gasteiger partial charge in [0.25, 0.3) is 0 Å². The van der Waals surface area contributed by atoms with Gasteiger partial charge in [0.15, 0.2) is 8.32 Å². The molecule has 0 saturated carbocycles. The van der Waals surface area contributed by atoms with E-state index in [-0.39, 0.29) is 29.3 Å². The highest BCUT2D eigenvalue weighted by atomic mass is 32.2. The monoisotopic (exact) mass is 617 g/mol. The molecule has 0 aliphatic heterocycles. The minimum Gasteiger partial charge on any atom is -0.410 e. The minimum absolute atomic E-state index is 0.00576. The highest BCUT2D eigenvalue weighted by Crippen LogP contribution is 2.38. The van der Waals surface area contributed by atoms with Crippen molar-refractivity contribution >= 4 is 36.3 Å². The number of H-pyrrole nitrogens is 1. The van der Waals surface area contributed by atoms with Crippen molar-refractivity contribution in [2.75, 3.05) is 17.6 Å². The SMILES string of the molecule is CC(C)c1nc(N(C)S(C)(=O)=O)nc(-c2ccc(F)cc2)c1/C=C/[C@H](CC(=O)Oc1ncc[nH]1)O[Si](C)(C)C(C)(C)C. The zero-order valence-corrected chi connectivity index (χ0v) is 27.4. The molecule has 0 radical (unpaired) electrons. The maximum atomic E-state index is 13.8. The van der Waals surface area contributed by atoms with Crippen LogP contribution in [0.4, 0.5) is 10.3 Å². The number of aromatic nitrogens is 4. The number of benzene rings is 1. The fourth-order valence-electron chi connectivity index (χ4n) is 3.72. The van der Waals surface area contributed by atoms with E-state index < -0.39 is 36.2 Å². The summed E-state index contributed by atoms with van der Waals surface area (Å²) >= 11 is 0. The zero-order chi connectivity index (χ0) is 31.5. The Morgan fingerprint density at radius 2 is 1.81 bits per heavy atom. The number of rotatable bonds is 11. The van der Waals surface area contributed by atoms with Gasteiger partial charge in [-0.05, 0) is 48.3 Å². The average molecular weight is 618 g/mol. The van der Waals surface area contributed by atoms with Gasteiger partial charge in [-0.25, -0.2) is 32.1 Å². The number of imidazole rings is 1. The van der Waals surface area contributed by atoms with Crippen molar-refractivity contribution in [1.82, 2.24) is 19.9 Å². The predicted octanol–water partition coefficient (Wildman–Crippen LogP) is 5.92. The van der Waals surface area contributed by atoms with Gasteiger partial charge in [0.2, 0.25) is 16.0 Å². The van der Waals surface area contributed by atoms with Gasteiger partial charge < -0.3 is 14.1 Å². The minimum atomic E-state index is -3.66. The summed E-state index contributed by atoms with van der Waals surface area (Å²) in [5.41, 5.74) is 2.17. The summed E-state index contributed by atoms with van der Waals surface area (Å²) in [6, 6.07) is 5.87. The van der Waals surface area contributed by atoms with Gasteiger partial charge >= 0.3 is 12.0 Å². The Kier molecular flexibility index (Phi) is 10.1. The van der Waals surface area contributed by atoms with Gasteiger partial charge in [-0.15, -0.1) is 0 Å². The van der Waals surface area contributed by atoms with Crippen LogP contribution in [0, 0.1) is 5.82 Å². The third-order valence-electron chi connectivity index (χ3n) is 7.19. The molecule has 0 unspecified atom stereocenters. The van der Waals surface area contributed by atoms with Gasteiger partial charge in [0.05, 0.1) is 30.2 Å². The zero-order valence-electron chi connectivity index (χ0n) is 25.6. The van der Waals surface area contributed by atoms with E-state index in [4.69, 9.17) is 9.16 Å². The molecule has 1 N–H and O–H groups in total. The lowest BCUT2D eigenvalue weighted by Gasteiger charge is -2.38. The third kappa shape index (κ3) is 8.32. The molecule has 0 aliphatic carbocycles. The van der Waals surface area contributed by atoms with Gasteiger partial charge in [-0.2, -0.15) is 0 Å². The first-order chi connectivity index (χ1) is 19.4. The number of aromatic amines is 1. The highest BCUT2D eigenvalue weighted by Gasteiger charge is 2.39. The van der Waals surface area contributed by atoms with E-state index in [1.165, 1.54) is 25.4 Å². The van der Waals surface area contributed by atoms with Crippen molar-refractivity contribution < 1.29 is 26.8 Å². The van der Waals surface area contributed by atoms with Crippen LogP contribution in [0.2, 0.25) is 18.1 Å². The maximum Gasteiger partial charge on any atom is 0.316 e. The fourth-order valence-corrected chi connectivity index (χ4v) is 5.37. The number of nitrogens with zero attached hydrogens (tertiary/aromatic N) is 4. The van der Waals surface area contributed by atoms with Crippen molar-refractivity contribution in [2.24, 2.45) is 0 Å². The second kappa shape index (κ2) is 12.8. The van der Waals surface area contributed by atoms with E-state index in [1.54, 1.807) is 30.5 Å². The molecule has 10 nitrogen and oxygen atoms in total. The number of anilines is 1. The summed E-state index contributed by atoms with van der Waals surface area (Å²) in [6.45, 7) is 14.4. The van der Waals surface area contributed by atoms with Gasteiger partial charge in [0.1, 0.15) is 5.82 Å². The summed E-state index contributed by atoms with van der Waals surface area (Å²) in [5.74, 6) is -1.08. The van der Waals surface area contributed by atoms with Crippen molar-refractivity contribution in [3.8, 4) is 17.3 Å². The Morgan fingerprint density at radius 3 is 2.33 bits per heavy atom. The molecule has 228 valence electrons. The number of esters is 1. The molecule has 0 fully saturated rings. The molecular formula is C29H40FN5O5SSi. The van der Waals surface area contributed by atoms with Crippen LogP contribution in [0.15, 0.2) is 42.7 Å². The molecule has 1 aromatic carbocycles. The smallest absolute Gasteiger partial charge is 0.316 e. The van der Waals surface area contributed by atoms with Gasteiger partial charge in [0, 0.05) is 30.6 Å². The number of nitrogens with one attached hydrogen (secondary N) is 1. The quantitative estimate of drug-likeness (QED) is 0.207. The van der Waals surface area contributed by atoms with E-state index >= 15 is 0 Å². The predicted molar refractivity (Wildman–Crippen MR) is 165 cm³/mol. The molecule has 3 aromatic rings. The Morgan fingerprint density at radius 1 is 1.17 bits per heavy atom.